The zero-order valence-corrected chi connectivity index (χ0v) is 13.3. The van der Waals surface area contributed by atoms with E-state index >= 15 is 0 Å². The Hall–Kier alpha value is -1.55. The Morgan fingerprint density at radius 3 is 2.81 bits per heavy atom. The Bertz CT molecular complexity index is 484. The molecule has 1 atom stereocenters. The summed E-state index contributed by atoms with van der Waals surface area (Å²) in [7, 11) is 2.00. The van der Waals surface area contributed by atoms with Crippen LogP contribution in [0.15, 0.2) is 18.2 Å². The molecule has 21 heavy (non-hydrogen) atoms. The molecule has 2 rings (SSSR count). The lowest BCUT2D eigenvalue weighted by molar-refractivity contribution is -0.132. The quantitative estimate of drug-likeness (QED) is 0.875. The molecule has 0 spiro atoms. The number of hydrogen-bond acceptors (Lipinski definition) is 3. The lowest BCUT2D eigenvalue weighted by Gasteiger charge is -2.26. The van der Waals surface area contributed by atoms with Crippen molar-refractivity contribution in [2.24, 2.45) is 0 Å². The molecule has 1 aliphatic rings. The Balaban J connectivity index is 2.03. The predicted octanol–water partition coefficient (Wildman–Crippen LogP) is 2.53. The Labute approximate surface area is 127 Å². The molecule has 0 aromatic heterocycles. The Morgan fingerprint density at radius 1 is 1.38 bits per heavy atom. The summed E-state index contributed by atoms with van der Waals surface area (Å²) in [5, 5.41) is 3.36. The molecule has 0 radical (unpaired) electrons. The fraction of sp³-hybridized carbons (Fsp3) is 0.588. The van der Waals surface area contributed by atoms with Crippen molar-refractivity contribution >= 4 is 5.91 Å². The van der Waals surface area contributed by atoms with Crippen molar-refractivity contribution in [2.45, 2.75) is 39.2 Å². The molecular weight excluding hydrogens is 264 g/mol. The number of aryl methyl sites for hydroxylation is 1. The minimum Gasteiger partial charge on any atom is -0.484 e. The van der Waals surface area contributed by atoms with Crippen LogP contribution in [0.5, 0.6) is 5.75 Å². The number of ether oxygens (including phenoxy) is 1. The lowest BCUT2D eigenvalue weighted by atomic mass is 9.87. The number of rotatable bonds is 6. The standard InChI is InChI=1S/C17H26N2O2/c1-4-19(5-2)17(20)12-21-14-10-9-13-7-6-8-16(18-3)15(13)11-14/h9-11,16,18H,4-8,12H2,1-3H3. The first kappa shape index (κ1) is 15.8. The molecule has 4 heteroatoms. The van der Waals surface area contributed by atoms with E-state index < -0.39 is 0 Å². The van der Waals surface area contributed by atoms with Crippen molar-refractivity contribution in [3.05, 3.63) is 29.3 Å². The summed E-state index contributed by atoms with van der Waals surface area (Å²) in [6.07, 6.45) is 3.51. The van der Waals surface area contributed by atoms with E-state index in [4.69, 9.17) is 4.74 Å². The molecule has 0 bridgehead atoms. The van der Waals surface area contributed by atoms with Crippen LogP contribution in [0.4, 0.5) is 0 Å². The molecule has 0 aliphatic heterocycles. The summed E-state index contributed by atoms with van der Waals surface area (Å²) in [6.45, 7) is 5.54. The van der Waals surface area contributed by atoms with Gasteiger partial charge in [0.1, 0.15) is 5.75 Å². The second kappa shape index (κ2) is 7.46. The molecule has 1 amide bonds. The van der Waals surface area contributed by atoms with Crippen molar-refractivity contribution in [2.75, 3.05) is 26.7 Å². The second-order valence-electron chi connectivity index (χ2n) is 5.45. The van der Waals surface area contributed by atoms with Crippen LogP contribution in [-0.4, -0.2) is 37.6 Å². The number of carbonyl (C=O) groups excluding carboxylic acids is 1. The first-order valence-corrected chi connectivity index (χ1v) is 7.90. The van der Waals surface area contributed by atoms with Gasteiger partial charge in [-0.25, -0.2) is 0 Å². The first-order chi connectivity index (χ1) is 10.2. The lowest BCUT2D eigenvalue weighted by Crippen LogP contribution is -2.34. The molecule has 116 valence electrons. The molecule has 1 aromatic rings. The highest BCUT2D eigenvalue weighted by atomic mass is 16.5. The van der Waals surface area contributed by atoms with Gasteiger partial charge >= 0.3 is 0 Å². The highest BCUT2D eigenvalue weighted by molar-refractivity contribution is 5.77. The van der Waals surface area contributed by atoms with Crippen molar-refractivity contribution in [1.29, 1.82) is 0 Å². The van der Waals surface area contributed by atoms with Gasteiger partial charge in [0.2, 0.25) is 0 Å². The van der Waals surface area contributed by atoms with Crippen molar-refractivity contribution in [3.8, 4) is 5.75 Å². The van der Waals surface area contributed by atoms with E-state index in [0.717, 1.165) is 31.7 Å². The monoisotopic (exact) mass is 290 g/mol. The van der Waals surface area contributed by atoms with Crippen LogP contribution in [0, 0.1) is 0 Å². The third-order valence-electron chi connectivity index (χ3n) is 4.26. The summed E-state index contributed by atoms with van der Waals surface area (Å²) >= 11 is 0. The van der Waals surface area contributed by atoms with Crippen LogP contribution < -0.4 is 10.1 Å². The van der Waals surface area contributed by atoms with Gasteiger partial charge in [0.25, 0.3) is 5.91 Å². The number of benzene rings is 1. The highest BCUT2D eigenvalue weighted by Crippen LogP contribution is 2.32. The largest absolute Gasteiger partial charge is 0.484 e. The zero-order valence-electron chi connectivity index (χ0n) is 13.3. The average Bonchev–Trinajstić information content (AvgIpc) is 2.53. The van der Waals surface area contributed by atoms with E-state index in [2.05, 4.69) is 17.4 Å². The fourth-order valence-corrected chi connectivity index (χ4v) is 2.98. The zero-order chi connectivity index (χ0) is 15.2. The van der Waals surface area contributed by atoms with Gasteiger partial charge in [-0.3, -0.25) is 4.79 Å². The molecular formula is C17H26N2O2. The van der Waals surface area contributed by atoms with E-state index in [0.29, 0.717) is 6.04 Å². The van der Waals surface area contributed by atoms with Gasteiger partial charge in [0.05, 0.1) is 0 Å². The molecule has 0 saturated heterocycles. The molecule has 1 unspecified atom stereocenters. The summed E-state index contributed by atoms with van der Waals surface area (Å²) in [6, 6.07) is 6.60. The second-order valence-corrected chi connectivity index (χ2v) is 5.45. The van der Waals surface area contributed by atoms with E-state index in [-0.39, 0.29) is 12.5 Å². The van der Waals surface area contributed by atoms with Gasteiger partial charge < -0.3 is 15.0 Å². The van der Waals surface area contributed by atoms with Gasteiger partial charge in [0, 0.05) is 19.1 Å². The number of nitrogens with one attached hydrogen (secondary N) is 1. The third-order valence-corrected chi connectivity index (χ3v) is 4.26. The molecule has 0 saturated carbocycles. The van der Waals surface area contributed by atoms with E-state index in [1.807, 2.05) is 27.0 Å². The van der Waals surface area contributed by atoms with Crippen LogP contribution in [0.25, 0.3) is 0 Å². The van der Waals surface area contributed by atoms with E-state index in [9.17, 15) is 4.79 Å². The number of amides is 1. The summed E-state index contributed by atoms with van der Waals surface area (Å²) in [5.41, 5.74) is 2.71. The molecule has 0 heterocycles. The van der Waals surface area contributed by atoms with Crippen LogP contribution >= 0.6 is 0 Å². The van der Waals surface area contributed by atoms with Gasteiger partial charge in [-0.2, -0.15) is 0 Å². The van der Waals surface area contributed by atoms with Gasteiger partial charge in [-0.15, -0.1) is 0 Å². The minimum atomic E-state index is 0.0443. The van der Waals surface area contributed by atoms with Gasteiger partial charge in [0.15, 0.2) is 6.61 Å². The summed E-state index contributed by atoms with van der Waals surface area (Å²) in [4.78, 5) is 13.8. The van der Waals surface area contributed by atoms with Crippen molar-refractivity contribution in [1.82, 2.24) is 10.2 Å². The Morgan fingerprint density at radius 2 is 2.14 bits per heavy atom. The third kappa shape index (κ3) is 3.76. The first-order valence-electron chi connectivity index (χ1n) is 7.90. The Kier molecular flexibility index (Phi) is 5.62. The van der Waals surface area contributed by atoms with Crippen molar-refractivity contribution < 1.29 is 9.53 Å². The van der Waals surface area contributed by atoms with E-state index in [1.165, 1.54) is 17.5 Å². The maximum atomic E-state index is 12.0. The maximum absolute atomic E-state index is 12.0. The topological polar surface area (TPSA) is 41.6 Å². The maximum Gasteiger partial charge on any atom is 0.260 e. The molecule has 1 aromatic carbocycles. The number of hydrogen-bond donors (Lipinski definition) is 1. The average molecular weight is 290 g/mol. The summed E-state index contributed by atoms with van der Waals surface area (Å²) < 4.78 is 5.69. The highest BCUT2D eigenvalue weighted by Gasteiger charge is 2.19. The van der Waals surface area contributed by atoms with Crippen molar-refractivity contribution in [3.63, 3.8) is 0 Å². The predicted molar refractivity (Wildman–Crippen MR) is 84.6 cm³/mol. The summed E-state index contributed by atoms with van der Waals surface area (Å²) in [5.74, 6) is 0.833. The van der Waals surface area contributed by atoms with Crippen LogP contribution in [0.3, 0.4) is 0 Å². The molecule has 0 fully saturated rings. The normalized spacial score (nSPS) is 17.2. The minimum absolute atomic E-state index is 0.0443. The number of fused-ring (bicyclic) bond motifs is 1. The molecule has 4 nitrogen and oxygen atoms in total. The number of nitrogens with zero attached hydrogens (tertiary/aromatic N) is 1. The molecule has 1 aliphatic carbocycles. The smallest absolute Gasteiger partial charge is 0.260 e. The molecule has 1 N–H and O–H groups in total. The van der Waals surface area contributed by atoms with Crippen LogP contribution in [0.2, 0.25) is 0 Å². The van der Waals surface area contributed by atoms with Gasteiger partial charge in [-0.05, 0) is 63.4 Å². The van der Waals surface area contributed by atoms with Crippen LogP contribution in [-0.2, 0) is 11.2 Å². The SMILES string of the molecule is CCN(CC)C(=O)COc1ccc2c(c1)C(NC)CCC2. The van der Waals surface area contributed by atoms with Gasteiger partial charge in [-0.1, -0.05) is 6.07 Å². The fourth-order valence-electron chi connectivity index (χ4n) is 2.98. The number of likely N-dealkylation sites (N-methyl/N-ethyl adjacent to an activating group) is 1. The van der Waals surface area contributed by atoms with Crippen LogP contribution in [0.1, 0.15) is 43.9 Å². The number of carbonyl (C=O) groups is 1. The van der Waals surface area contributed by atoms with E-state index in [1.54, 1.807) is 4.90 Å².